The van der Waals surface area contributed by atoms with Gasteiger partial charge < -0.3 is 9.26 Å². The SMILES string of the molecule is CCCC(OC)c1noc(NN)n1. The van der Waals surface area contributed by atoms with Crippen molar-refractivity contribution in [2.75, 3.05) is 12.5 Å². The molecular formula is C7H14N4O2. The molecule has 0 spiro atoms. The van der Waals surface area contributed by atoms with Gasteiger partial charge in [-0.25, -0.2) is 5.84 Å². The first kappa shape index (κ1) is 9.94. The molecule has 3 N–H and O–H groups in total. The van der Waals surface area contributed by atoms with E-state index in [9.17, 15) is 0 Å². The Balaban J connectivity index is 2.67. The Kier molecular flexibility index (Phi) is 3.66. The van der Waals surface area contributed by atoms with Crippen LogP contribution in [0, 0.1) is 0 Å². The molecule has 0 fully saturated rings. The van der Waals surface area contributed by atoms with Crippen LogP contribution in [0.5, 0.6) is 0 Å². The van der Waals surface area contributed by atoms with Gasteiger partial charge in [0.05, 0.1) is 0 Å². The summed E-state index contributed by atoms with van der Waals surface area (Å²) in [5.41, 5.74) is 2.27. The summed E-state index contributed by atoms with van der Waals surface area (Å²) in [4.78, 5) is 3.98. The summed E-state index contributed by atoms with van der Waals surface area (Å²) in [6, 6.07) is 0.202. The van der Waals surface area contributed by atoms with Gasteiger partial charge in [-0.15, -0.1) is 0 Å². The molecule has 1 aromatic rings. The third-order valence-corrected chi connectivity index (χ3v) is 1.69. The highest BCUT2D eigenvalue weighted by Crippen LogP contribution is 2.19. The highest BCUT2D eigenvalue weighted by molar-refractivity contribution is 5.15. The Morgan fingerprint density at radius 1 is 1.69 bits per heavy atom. The summed E-state index contributed by atoms with van der Waals surface area (Å²) in [7, 11) is 1.62. The van der Waals surface area contributed by atoms with Crippen molar-refractivity contribution in [1.82, 2.24) is 10.1 Å². The molecule has 1 atom stereocenters. The highest BCUT2D eigenvalue weighted by atomic mass is 16.5. The van der Waals surface area contributed by atoms with Crippen LogP contribution >= 0.6 is 0 Å². The van der Waals surface area contributed by atoms with Gasteiger partial charge in [0, 0.05) is 7.11 Å². The maximum Gasteiger partial charge on any atom is 0.335 e. The summed E-state index contributed by atoms with van der Waals surface area (Å²) < 4.78 is 9.95. The number of hydrogen-bond donors (Lipinski definition) is 2. The van der Waals surface area contributed by atoms with Crippen molar-refractivity contribution >= 4 is 6.01 Å². The summed E-state index contributed by atoms with van der Waals surface area (Å²) in [5.74, 6) is 5.62. The molecule has 0 radical (unpaired) electrons. The average Bonchev–Trinajstić information content (AvgIpc) is 2.62. The highest BCUT2D eigenvalue weighted by Gasteiger charge is 2.16. The monoisotopic (exact) mass is 186 g/mol. The van der Waals surface area contributed by atoms with E-state index >= 15 is 0 Å². The first-order valence-electron chi connectivity index (χ1n) is 4.14. The second kappa shape index (κ2) is 4.78. The minimum Gasteiger partial charge on any atom is -0.373 e. The average molecular weight is 186 g/mol. The zero-order chi connectivity index (χ0) is 9.68. The molecule has 13 heavy (non-hydrogen) atoms. The van der Waals surface area contributed by atoms with Crippen molar-refractivity contribution in [2.24, 2.45) is 5.84 Å². The van der Waals surface area contributed by atoms with Crippen LogP contribution < -0.4 is 11.3 Å². The van der Waals surface area contributed by atoms with Crippen LogP contribution in [0.3, 0.4) is 0 Å². The second-order valence-electron chi connectivity index (χ2n) is 2.62. The van der Waals surface area contributed by atoms with E-state index in [0.29, 0.717) is 5.82 Å². The summed E-state index contributed by atoms with van der Waals surface area (Å²) in [6.45, 7) is 2.06. The van der Waals surface area contributed by atoms with Crippen LogP contribution in [0.25, 0.3) is 0 Å². The number of nitrogens with zero attached hydrogens (tertiary/aromatic N) is 2. The fourth-order valence-electron chi connectivity index (χ4n) is 1.04. The first-order valence-corrected chi connectivity index (χ1v) is 4.14. The Labute approximate surface area is 76.4 Å². The second-order valence-corrected chi connectivity index (χ2v) is 2.62. The summed E-state index contributed by atoms with van der Waals surface area (Å²) in [6.07, 6.45) is 1.74. The van der Waals surface area contributed by atoms with Gasteiger partial charge >= 0.3 is 6.01 Å². The molecule has 0 aromatic carbocycles. The largest absolute Gasteiger partial charge is 0.373 e. The summed E-state index contributed by atoms with van der Waals surface area (Å²) >= 11 is 0. The Bertz CT molecular complexity index is 250. The lowest BCUT2D eigenvalue weighted by Gasteiger charge is -2.08. The number of aromatic nitrogens is 2. The minimum atomic E-state index is -0.115. The van der Waals surface area contributed by atoms with Gasteiger partial charge in [0.25, 0.3) is 0 Å². The van der Waals surface area contributed by atoms with Crippen LogP contribution in [0.2, 0.25) is 0 Å². The lowest BCUT2D eigenvalue weighted by molar-refractivity contribution is 0.0854. The minimum absolute atomic E-state index is 0.115. The fourth-order valence-corrected chi connectivity index (χ4v) is 1.04. The van der Waals surface area contributed by atoms with E-state index in [1.165, 1.54) is 0 Å². The number of nitrogen functional groups attached to an aromatic ring is 1. The van der Waals surface area contributed by atoms with E-state index in [-0.39, 0.29) is 12.1 Å². The summed E-state index contributed by atoms with van der Waals surface area (Å²) in [5, 5.41) is 3.72. The zero-order valence-electron chi connectivity index (χ0n) is 7.78. The molecule has 1 aromatic heterocycles. The van der Waals surface area contributed by atoms with Crippen molar-refractivity contribution in [3.05, 3.63) is 5.82 Å². The number of rotatable bonds is 5. The molecule has 6 heteroatoms. The van der Waals surface area contributed by atoms with Crippen molar-refractivity contribution in [3.63, 3.8) is 0 Å². The molecule has 0 aliphatic carbocycles. The Hall–Kier alpha value is -1.14. The predicted octanol–water partition coefficient (Wildman–Crippen LogP) is 0.843. The van der Waals surface area contributed by atoms with Gasteiger partial charge in [-0.2, -0.15) is 4.98 Å². The van der Waals surface area contributed by atoms with Gasteiger partial charge in [-0.05, 0) is 6.42 Å². The van der Waals surface area contributed by atoms with Crippen LogP contribution in [-0.2, 0) is 4.74 Å². The molecule has 0 saturated heterocycles. The van der Waals surface area contributed by atoms with E-state index in [2.05, 4.69) is 22.5 Å². The van der Waals surface area contributed by atoms with Crippen LogP contribution in [0.1, 0.15) is 31.7 Å². The molecule has 0 amide bonds. The van der Waals surface area contributed by atoms with Gasteiger partial charge in [0.2, 0.25) is 5.82 Å². The molecule has 0 aliphatic heterocycles. The molecule has 0 aliphatic rings. The van der Waals surface area contributed by atoms with Crippen molar-refractivity contribution in [2.45, 2.75) is 25.9 Å². The number of nitrogens with two attached hydrogens (primary N) is 1. The Morgan fingerprint density at radius 2 is 2.46 bits per heavy atom. The van der Waals surface area contributed by atoms with E-state index in [0.717, 1.165) is 12.8 Å². The number of nitrogens with one attached hydrogen (secondary N) is 1. The third-order valence-electron chi connectivity index (χ3n) is 1.69. The van der Waals surface area contributed by atoms with Crippen LogP contribution in [0.15, 0.2) is 4.52 Å². The van der Waals surface area contributed by atoms with Crippen LogP contribution in [0.4, 0.5) is 6.01 Å². The van der Waals surface area contributed by atoms with Crippen molar-refractivity contribution in [1.29, 1.82) is 0 Å². The van der Waals surface area contributed by atoms with Crippen molar-refractivity contribution < 1.29 is 9.26 Å². The number of hydrazine groups is 1. The normalized spacial score (nSPS) is 12.8. The van der Waals surface area contributed by atoms with Crippen LogP contribution in [-0.4, -0.2) is 17.3 Å². The maximum atomic E-state index is 5.18. The molecule has 74 valence electrons. The van der Waals surface area contributed by atoms with Gasteiger partial charge in [-0.3, -0.25) is 5.43 Å². The third kappa shape index (κ3) is 2.40. The lowest BCUT2D eigenvalue weighted by atomic mass is 10.2. The molecule has 0 bridgehead atoms. The first-order chi connectivity index (χ1) is 6.31. The van der Waals surface area contributed by atoms with E-state index < -0.39 is 0 Å². The molecule has 1 unspecified atom stereocenters. The van der Waals surface area contributed by atoms with Gasteiger partial charge in [0.1, 0.15) is 6.10 Å². The number of hydrogen-bond acceptors (Lipinski definition) is 6. The molecule has 1 rings (SSSR count). The molecule has 1 heterocycles. The van der Waals surface area contributed by atoms with E-state index in [4.69, 9.17) is 15.1 Å². The number of methoxy groups -OCH3 is 1. The standard InChI is InChI=1S/C7H14N4O2/c1-3-4-5(12-2)6-9-7(10-8)13-11-6/h5H,3-4,8H2,1-2H3,(H,9,10,11). The topological polar surface area (TPSA) is 86.2 Å². The quantitative estimate of drug-likeness (QED) is 0.523. The van der Waals surface area contributed by atoms with Crippen molar-refractivity contribution in [3.8, 4) is 0 Å². The number of anilines is 1. The van der Waals surface area contributed by atoms with Gasteiger partial charge in [0.15, 0.2) is 0 Å². The van der Waals surface area contributed by atoms with Gasteiger partial charge in [-0.1, -0.05) is 18.5 Å². The molecule has 6 nitrogen and oxygen atoms in total. The maximum absolute atomic E-state index is 5.18. The molecule has 0 saturated carbocycles. The molecular weight excluding hydrogens is 172 g/mol. The smallest absolute Gasteiger partial charge is 0.335 e. The zero-order valence-corrected chi connectivity index (χ0v) is 7.78. The van der Waals surface area contributed by atoms with E-state index in [1.807, 2.05) is 0 Å². The Morgan fingerprint density at radius 3 is 2.92 bits per heavy atom. The van der Waals surface area contributed by atoms with E-state index in [1.54, 1.807) is 7.11 Å². The predicted molar refractivity (Wildman–Crippen MR) is 46.8 cm³/mol. The fraction of sp³-hybridized carbons (Fsp3) is 0.714. The number of ether oxygens (including phenoxy) is 1. The lowest BCUT2D eigenvalue weighted by Crippen LogP contribution is -2.08.